The van der Waals surface area contributed by atoms with Crippen LogP contribution in [0.4, 0.5) is 0 Å². The van der Waals surface area contributed by atoms with Gasteiger partial charge < -0.3 is 5.21 Å². The highest BCUT2D eigenvalue weighted by atomic mass is 16.5. The van der Waals surface area contributed by atoms with E-state index < -0.39 is 0 Å². The molecular formula is C12H11N3O. The summed E-state index contributed by atoms with van der Waals surface area (Å²) in [6.07, 6.45) is 6.70. The van der Waals surface area contributed by atoms with Crippen molar-refractivity contribution in [2.24, 2.45) is 0 Å². The highest BCUT2D eigenvalue weighted by Crippen LogP contribution is 2.34. The molecule has 0 unspecified atom stereocenters. The van der Waals surface area contributed by atoms with Gasteiger partial charge in [-0.25, -0.2) is 9.30 Å². The number of fused-ring (bicyclic) bond motifs is 1. The number of hydrogen-bond acceptors (Lipinski definition) is 2. The maximum absolute atomic E-state index is 11.8. The first-order valence-electron chi connectivity index (χ1n) is 5.44. The summed E-state index contributed by atoms with van der Waals surface area (Å²) in [6.45, 7) is 0. The molecule has 0 atom stereocenters. The maximum Gasteiger partial charge on any atom is 0.293 e. The van der Waals surface area contributed by atoms with Gasteiger partial charge >= 0.3 is 0 Å². The van der Waals surface area contributed by atoms with Crippen molar-refractivity contribution in [3.63, 3.8) is 0 Å². The second-order valence-corrected chi connectivity index (χ2v) is 4.22. The Bertz CT molecular complexity index is 590. The molecule has 0 N–H and O–H groups in total. The predicted molar refractivity (Wildman–Crippen MR) is 58.5 cm³/mol. The van der Waals surface area contributed by atoms with Crippen molar-refractivity contribution in [1.29, 1.82) is 5.26 Å². The number of pyridine rings is 1. The average Bonchev–Trinajstić information content (AvgIpc) is 2.56. The molecule has 4 nitrogen and oxygen atoms in total. The first-order valence-corrected chi connectivity index (χ1v) is 5.44. The van der Waals surface area contributed by atoms with Crippen LogP contribution in [0.25, 0.3) is 11.0 Å². The van der Waals surface area contributed by atoms with Crippen molar-refractivity contribution >= 4 is 11.0 Å². The fourth-order valence-electron chi connectivity index (χ4n) is 2.25. The highest BCUT2D eigenvalue weighted by molar-refractivity contribution is 5.81. The minimum atomic E-state index is 0.396. The van der Waals surface area contributed by atoms with Crippen LogP contribution in [0.1, 0.15) is 30.9 Å². The van der Waals surface area contributed by atoms with Gasteiger partial charge in [-0.2, -0.15) is 5.26 Å². The molecule has 0 aliphatic heterocycles. The van der Waals surface area contributed by atoms with Crippen molar-refractivity contribution in [2.45, 2.75) is 25.3 Å². The zero-order valence-corrected chi connectivity index (χ0v) is 8.76. The molecule has 3 rings (SSSR count). The van der Waals surface area contributed by atoms with E-state index in [1.165, 1.54) is 12.6 Å². The van der Waals surface area contributed by atoms with E-state index in [1.54, 1.807) is 6.07 Å². The van der Waals surface area contributed by atoms with E-state index in [9.17, 15) is 5.21 Å². The van der Waals surface area contributed by atoms with E-state index in [0.29, 0.717) is 17.3 Å². The Labute approximate surface area is 92.9 Å². The van der Waals surface area contributed by atoms with Gasteiger partial charge in [-0.05, 0) is 31.4 Å². The van der Waals surface area contributed by atoms with E-state index in [0.717, 1.165) is 23.0 Å². The van der Waals surface area contributed by atoms with Gasteiger partial charge in [0, 0.05) is 0 Å². The molecule has 0 amide bonds. The summed E-state index contributed by atoms with van der Waals surface area (Å²) in [4.78, 5) is 0. The molecule has 1 aliphatic carbocycles. The molecule has 2 heterocycles. The minimum Gasteiger partial charge on any atom is -0.711 e. The summed E-state index contributed by atoms with van der Waals surface area (Å²) in [5.41, 5.74) is 1.20. The number of rotatable bonds is 1. The number of nitrogens with zero attached hydrogens (tertiary/aromatic N) is 3. The van der Waals surface area contributed by atoms with Gasteiger partial charge in [0.2, 0.25) is 0 Å². The van der Waals surface area contributed by atoms with Crippen LogP contribution in [0.3, 0.4) is 0 Å². The molecule has 0 radical (unpaired) electrons. The predicted octanol–water partition coefficient (Wildman–Crippen LogP) is 1.87. The Kier molecular flexibility index (Phi) is 1.87. The number of nitriles is 1. The monoisotopic (exact) mass is 213 g/mol. The standard InChI is InChI=1S/C12H11N3O/c13-7-9-8-14(10-3-1-4-10)12-11(9)5-2-6-15(12)16/h2,5-6,8,10H,1,3-4H2. The fraction of sp³-hybridized carbons (Fsp3) is 0.333. The molecule has 1 fully saturated rings. The number of hydrogen-bond donors (Lipinski definition) is 0. The quantitative estimate of drug-likeness (QED) is 0.536. The molecule has 2 aromatic rings. The van der Waals surface area contributed by atoms with Crippen LogP contribution < -0.4 is 4.73 Å². The van der Waals surface area contributed by atoms with Crippen LogP contribution in [0, 0.1) is 16.5 Å². The van der Waals surface area contributed by atoms with E-state index in [1.807, 2.05) is 16.8 Å². The summed E-state index contributed by atoms with van der Waals surface area (Å²) in [7, 11) is 0. The molecule has 0 saturated heterocycles. The van der Waals surface area contributed by atoms with Crippen molar-refractivity contribution in [1.82, 2.24) is 4.57 Å². The minimum absolute atomic E-state index is 0.396. The van der Waals surface area contributed by atoms with Gasteiger partial charge in [-0.1, -0.05) is 0 Å². The van der Waals surface area contributed by atoms with Crippen LogP contribution in [-0.4, -0.2) is 4.57 Å². The Morgan fingerprint density at radius 1 is 1.50 bits per heavy atom. The third kappa shape index (κ3) is 1.12. The third-order valence-electron chi connectivity index (χ3n) is 3.33. The second kappa shape index (κ2) is 3.24. The van der Waals surface area contributed by atoms with Crippen LogP contribution >= 0.6 is 0 Å². The Balaban J connectivity index is 2.32. The molecule has 0 spiro atoms. The van der Waals surface area contributed by atoms with Crippen LogP contribution in [0.2, 0.25) is 0 Å². The van der Waals surface area contributed by atoms with Crippen molar-refractivity contribution in [3.8, 4) is 6.07 Å². The maximum atomic E-state index is 11.8. The Morgan fingerprint density at radius 3 is 2.94 bits per heavy atom. The largest absolute Gasteiger partial charge is 0.711 e. The van der Waals surface area contributed by atoms with Gasteiger partial charge in [-0.3, -0.25) is 0 Å². The number of aromatic nitrogens is 2. The zero-order chi connectivity index (χ0) is 11.1. The molecule has 1 saturated carbocycles. The zero-order valence-electron chi connectivity index (χ0n) is 8.76. The molecule has 80 valence electrons. The van der Waals surface area contributed by atoms with Gasteiger partial charge in [0.25, 0.3) is 5.65 Å². The summed E-state index contributed by atoms with van der Waals surface area (Å²) in [5.74, 6) is 0. The third-order valence-corrected chi connectivity index (χ3v) is 3.33. The smallest absolute Gasteiger partial charge is 0.293 e. The normalized spacial score (nSPS) is 15.9. The van der Waals surface area contributed by atoms with Crippen LogP contribution in [0.5, 0.6) is 0 Å². The second-order valence-electron chi connectivity index (χ2n) is 4.22. The highest BCUT2D eigenvalue weighted by Gasteiger charge is 2.28. The average molecular weight is 213 g/mol. The van der Waals surface area contributed by atoms with Crippen molar-refractivity contribution < 1.29 is 4.73 Å². The summed E-state index contributed by atoms with van der Waals surface area (Å²) < 4.78 is 2.82. The lowest BCUT2D eigenvalue weighted by Crippen LogP contribution is -2.30. The van der Waals surface area contributed by atoms with Gasteiger partial charge in [0.15, 0.2) is 0 Å². The SMILES string of the molecule is N#Cc1cn(C2CCC2)c2c1ccc[n+]2[O-]. The first kappa shape index (κ1) is 9.22. The summed E-state index contributed by atoms with van der Waals surface area (Å²) in [5, 5.41) is 21.6. The lowest BCUT2D eigenvalue weighted by Gasteiger charge is -2.23. The van der Waals surface area contributed by atoms with Gasteiger partial charge in [-0.15, -0.1) is 0 Å². The van der Waals surface area contributed by atoms with Crippen LogP contribution in [-0.2, 0) is 0 Å². The molecule has 0 aromatic carbocycles. The lowest BCUT2D eigenvalue weighted by molar-refractivity contribution is -0.580. The Morgan fingerprint density at radius 2 is 2.31 bits per heavy atom. The van der Waals surface area contributed by atoms with E-state index >= 15 is 0 Å². The fourth-order valence-corrected chi connectivity index (χ4v) is 2.25. The lowest BCUT2D eigenvalue weighted by atomic mass is 9.93. The molecule has 0 bridgehead atoms. The van der Waals surface area contributed by atoms with E-state index in [4.69, 9.17) is 5.26 Å². The first-order chi connectivity index (χ1) is 7.81. The molecule has 1 aliphatic rings. The van der Waals surface area contributed by atoms with E-state index in [-0.39, 0.29) is 0 Å². The molecular weight excluding hydrogens is 202 g/mol. The van der Waals surface area contributed by atoms with Crippen LogP contribution in [0.15, 0.2) is 24.5 Å². The summed E-state index contributed by atoms with van der Waals surface area (Å²) >= 11 is 0. The topological polar surface area (TPSA) is 55.7 Å². The van der Waals surface area contributed by atoms with Crippen molar-refractivity contribution in [2.75, 3.05) is 0 Å². The molecule has 2 aromatic heterocycles. The van der Waals surface area contributed by atoms with Crippen molar-refractivity contribution in [3.05, 3.63) is 35.3 Å². The molecule has 4 heteroatoms. The van der Waals surface area contributed by atoms with Gasteiger partial charge in [0.05, 0.1) is 11.6 Å². The van der Waals surface area contributed by atoms with E-state index in [2.05, 4.69) is 6.07 Å². The molecule has 16 heavy (non-hydrogen) atoms. The Hall–Kier alpha value is -2.02. The summed E-state index contributed by atoms with van der Waals surface area (Å²) in [6, 6.07) is 6.06. The van der Waals surface area contributed by atoms with Gasteiger partial charge in [0.1, 0.15) is 23.9 Å².